The molecule has 124 valence electrons. The minimum Gasteiger partial charge on any atom is -0.318 e. The van der Waals surface area contributed by atoms with Gasteiger partial charge >= 0.3 is 29.6 Å². The third-order valence-electron chi connectivity index (χ3n) is 4.54. The van der Waals surface area contributed by atoms with Gasteiger partial charge in [0.25, 0.3) is 20.2 Å². The normalized spacial score (nSPS) is 31.6. The molecular weight excluding hydrogens is 353 g/mol. The van der Waals surface area contributed by atoms with E-state index in [9.17, 15) is 25.9 Å². The van der Waals surface area contributed by atoms with Gasteiger partial charge in [-0.3, -0.25) is 9.11 Å². The molecule has 1 fully saturated rings. The van der Waals surface area contributed by atoms with E-state index in [4.69, 9.17) is 0 Å². The van der Waals surface area contributed by atoms with Crippen LogP contribution in [0.2, 0.25) is 0 Å². The Morgan fingerprint density at radius 2 is 1.61 bits per heavy atom. The number of hydrogen-bond acceptors (Lipinski definition) is 4. The van der Waals surface area contributed by atoms with Crippen LogP contribution in [0.1, 0.15) is 12.5 Å². The largest absolute Gasteiger partial charge is 1.00 e. The van der Waals surface area contributed by atoms with Gasteiger partial charge in [-0.2, -0.15) is 16.8 Å². The monoisotopic (exact) mass is 373 g/mol. The van der Waals surface area contributed by atoms with Crippen LogP contribution in [-0.4, -0.2) is 60.6 Å². The Kier molecular flexibility index (Phi) is 6.48. The summed E-state index contributed by atoms with van der Waals surface area (Å²) in [6.45, 7) is 1.89. The summed E-state index contributed by atoms with van der Waals surface area (Å²) in [7, 11) is -7.46. The average molecular weight is 373 g/mol. The van der Waals surface area contributed by atoms with Crippen LogP contribution in [0, 0.1) is 0 Å². The van der Waals surface area contributed by atoms with E-state index in [0.29, 0.717) is 6.54 Å². The first kappa shape index (κ1) is 21.0. The zero-order valence-electron chi connectivity index (χ0n) is 13.3. The maximum absolute atomic E-state index is 11.6. The van der Waals surface area contributed by atoms with E-state index < -0.39 is 36.8 Å². The standard InChI is InChI=1S/C13H19NO6S2.Na/c1-10-13(22(18,19)20)12(21(15,16)17)9-14(10,2)8-11-6-4-3-5-7-11;/h3-7,10,12-13H,8-9H2,1-2H3,(H-,15,16,17,18,19,20);/q;+1/p+1. The molecule has 0 spiro atoms. The Morgan fingerprint density at radius 3 is 2.00 bits per heavy atom. The van der Waals surface area contributed by atoms with Crippen molar-refractivity contribution in [2.75, 3.05) is 13.6 Å². The number of likely N-dealkylation sites (tertiary alicyclic amines) is 1. The Morgan fingerprint density at radius 1 is 1.09 bits per heavy atom. The average Bonchev–Trinajstić information content (AvgIpc) is 2.62. The van der Waals surface area contributed by atoms with Crippen LogP contribution < -0.4 is 29.6 Å². The molecule has 7 nitrogen and oxygen atoms in total. The Balaban J connectivity index is 0.00000264. The second kappa shape index (κ2) is 7.09. The third-order valence-corrected chi connectivity index (χ3v) is 7.33. The van der Waals surface area contributed by atoms with Crippen LogP contribution in [0.3, 0.4) is 0 Å². The van der Waals surface area contributed by atoms with Crippen molar-refractivity contribution in [3.8, 4) is 0 Å². The minimum atomic E-state index is -4.60. The summed E-state index contributed by atoms with van der Waals surface area (Å²) in [4.78, 5) is 0. The smallest absolute Gasteiger partial charge is 0.318 e. The van der Waals surface area contributed by atoms with Gasteiger partial charge < -0.3 is 4.48 Å². The fraction of sp³-hybridized carbons (Fsp3) is 0.538. The summed E-state index contributed by atoms with van der Waals surface area (Å²) in [5.74, 6) is 0. The van der Waals surface area contributed by atoms with E-state index >= 15 is 0 Å². The zero-order chi connectivity index (χ0) is 16.8. The predicted octanol–water partition coefficient (Wildman–Crippen LogP) is -2.45. The first-order valence-electron chi connectivity index (χ1n) is 6.76. The van der Waals surface area contributed by atoms with Crippen molar-refractivity contribution >= 4 is 20.2 Å². The molecular formula is C13H20NNaO6S2+2. The first-order chi connectivity index (χ1) is 9.95. The van der Waals surface area contributed by atoms with E-state index in [1.165, 1.54) is 0 Å². The number of rotatable bonds is 4. The van der Waals surface area contributed by atoms with E-state index in [-0.39, 0.29) is 40.6 Å². The summed E-state index contributed by atoms with van der Waals surface area (Å²) in [6.07, 6.45) is 0. The molecule has 0 amide bonds. The molecule has 0 aromatic heterocycles. The number of quaternary nitrogens is 1. The Bertz CT molecular complexity index is 752. The van der Waals surface area contributed by atoms with Crippen LogP contribution in [0.5, 0.6) is 0 Å². The van der Waals surface area contributed by atoms with Crippen molar-refractivity contribution in [3.05, 3.63) is 35.9 Å². The van der Waals surface area contributed by atoms with Gasteiger partial charge in [0.1, 0.15) is 19.1 Å². The molecule has 1 aliphatic heterocycles. The molecule has 4 unspecified atom stereocenters. The Labute approximate surface area is 159 Å². The fourth-order valence-corrected chi connectivity index (χ4v) is 6.46. The third kappa shape index (κ3) is 4.55. The predicted molar refractivity (Wildman–Crippen MR) is 81.3 cm³/mol. The van der Waals surface area contributed by atoms with Crippen molar-refractivity contribution in [3.63, 3.8) is 0 Å². The van der Waals surface area contributed by atoms with E-state index in [2.05, 4.69) is 0 Å². The van der Waals surface area contributed by atoms with Crippen LogP contribution in [-0.2, 0) is 26.8 Å². The van der Waals surface area contributed by atoms with Crippen LogP contribution in [0.25, 0.3) is 0 Å². The van der Waals surface area contributed by atoms with Gasteiger partial charge in [-0.25, -0.2) is 0 Å². The van der Waals surface area contributed by atoms with Gasteiger partial charge in [-0.05, 0) is 6.92 Å². The van der Waals surface area contributed by atoms with Gasteiger partial charge in [0.2, 0.25) is 0 Å². The van der Waals surface area contributed by atoms with Crippen LogP contribution >= 0.6 is 0 Å². The van der Waals surface area contributed by atoms with Crippen molar-refractivity contribution in [2.45, 2.75) is 30.0 Å². The second-order valence-corrected chi connectivity index (χ2v) is 9.29. The van der Waals surface area contributed by atoms with E-state index in [0.717, 1.165) is 5.56 Å². The molecule has 23 heavy (non-hydrogen) atoms. The molecule has 1 aliphatic rings. The molecule has 0 aliphatic carbocycles. The molecule has 0 bridgehead atoms. The molecule has 2 N–H and O–H groups in total. The fourth-order valence-electron chi connectivity index (χ4n) is 3.26. The SMILES string of the molecule is CC1C(S(=O)(=O)O)C(S(=O)(=O)O)C[N+]1(C)Cc1ccccc1.[Na+]. The van der Waals surface area contributed by atoms with E-state index in [1.54, 1.807) is 14.0 Å². The molecule has 1 saturated heterocycles. The number of hydrogen-bond donors (Lipinski definition) is 2. The zero-order valence-corrected chi connectivity index (χ0v) is 17.0. The summed E-state index contributed by atoms with van der Waals surface area (Å²) < 4.78 is 65.2. The van der Waals surface area contributed by atoms with Gasteiger partial charge in [-0.1, -0.05) is 30.3 Å². The van der Waals surface area contributed by atoms with Crippen molar-refractivity contribution in [1.82, 2.24) is 0 Å². The van der Waals surface area contributed by atoms with Crippen LogP contribution in [0.4, 0.5) is 0 Å². The molecule has 0 saturated carbocycles. The molecule has 1 aromatic rings. The molecule has 1 heterocycles. The van der Waals surface area contributed by atoms with Crippen molar-refractivity contribution in [2.24, 2.45) is 0 Å². The molecule has 4 atom stereocenters. The van der Waals surface area contributed by atoms with Crippen LogP contribution in [0.15, 0.2) is 30.3 Å². The summed E-state index contributed by atoms with van der Waals surface area (Å²) in [6, 6.07) is 8.56. The Hall–Kier alpha value is 0. The quantitative estimate of drug-likeness (QED) is 0.345. The molecule has 10 heteroatoms. The topological polar surface area (TPSA) is 109 Å². The van der Waals surface area contributed by atoms with Crippen molar-refractivity contribution < 1.29 is 60.0 Å². The maximum Gasteiger partial charge on any atom is 1.00 e. The maximum atomic E-state index is 11.6. The number of nitrogens with zero attached hydrogens (tertiary/aromatic N) is 1. The first-order valence-corrected chi connectivity index (χ1v) is 9.76. The molecule has 0 radical (unpaired) electrons. The van der Waals surface area contributed by atoms with Crippen molar-refractivity contribution in [1.29, 1.82) is 0 Å². The number of benzene rings is 1. The molecule has 1 aromatic carbocycles. The van der Waals surface area contributed by atoms with Gasteiger partial charge in [0, 0.05) is 5.56 Å². The van der Waals surface area contributed by atoms with Gasteiger partial charge in [0.15, 0.2) is 10.5 Å². The van der Waals surface area contributed by atoms with E-state index in [1.807, 2.05) is 30.3 Å². The summed E-state index contributed by atoms with van der Waals surface area (Å²) in [5, 5.41) is -3.08. The summed E-state index contributed by atoms with van der Waals surface area (Å²) >= 11 is 0. The summed E-state index contributed by atoms with van der Waals surface area (Å²) in [5.41, 5.74) is 0.918. The minimum absolute atomic E-state index is 0. The second-order valence-electron chi connectivity index (χ2n) is 6.08. The van der Waals surface area contributed by atoms with Gasteiger partial charge in [0.05, 0.1) is 7.05 Å². The van der Waals surface area contributed by atoms with Gasteiger partial charge in [-0.15, -0.1) is 0 Å². The molecule has 2 rings (SSSR count).